The van der Waals surface area contributed by atoms with Crippen molar-refractivity contribution in [2.24, 2.45) is 0 Å². The molecule has 0 aliphatic carbocycles. The summed E-state index contributed by atoms with van der Waals surface area (Å²) >= 11 is 6.06. The number of nitrogens with one attached hydrogen (secondary N) is 1. The van der Waals surface area contributed by atoms with Gasteiger partial charge in [-0.05, 0) is 31.5 Å². The molecule has 0 saturated heterocycles. The fourth-order valence-corrected chi connectivity index (χ4v) is 1.97. The monoisotopic (exact) mass is 262 g/mol. The zero-order valence-corrected chi connectivity index (χ0v) is 11.1. The van der Waals surface area contributed by atoms with E-state index in [-0.39, 0.29) is 11.8 Å². The molecule has 0 radical (unpaired) electrons. The molecule has 3 nitrogen and oxygen atoms in total. The Morgan fingerprint density at radius 2 is 2.11 bits per heavy atom. The van der Waals surface area contributed by atoms with Gasteiger partial charge in [0.05, 0.1) is 22.9 Å². The first-order valence-corrected chi connectivity index (χ1v) is 6.11. The van der Waals surface area contributed by atoms with E-state index in [4.69, 9.17) is 11.6 Å². The van der Waals surface area contributed by atoms with Crippen LogP contribution in [0.1, 0.15) is 24.1 Å². The molecule has 2 rings (SSSR count). The number of benzene rings is 1. The Morgan fingerprint density at radius 1 is 1.33 bits per heavy atom. The quantitative estimate of drug-likeness (QED) is 0.881. The summed E-state index contributed by atoms with van der Waals surface area (Å²) in [5.41, 5.74) is 2.62. The van der Waals surface area contributed by atoms with Gasteiger partial charge in [-0.15, -0.1) is 0 Å². The number of aryl methyl sites for hydroxylation is 1. The van der Waals surface area contributed by atoms with E-state index >= 15 is 0 Å². The van der Waals surface area contributed by atoms with Crippen LogP contribution in [-0.2, 0) is 0 Å². The molecule has 0 amide bonds. The molecule has 1 atom stereocenters. The average Bonchev–Trinajstić information content (AvgIpc) is 2.32. The molecular weight excluding hydrogens is 248 g/mol. The second-order valence-electron chi connectivity index (χ2n) is 4.28. The van der Waals surface area contributed by atoms with Crippen molar-refractivity contribution in [1.29, 1.82) is 0 Å². The minimum Gasteiger partial charge on any atom is -0.508 e. The summed E-state index contributed by atoms with van der Waals surface area (Å²) in [7, 11) is 0. The third-order valence-corrected chi connectivity index (χ3v) is 3.12. The highest BCUT2D eigenvalue weighted by molar-refractivity contribution is 6.33. The highest BCUT2D eigenvalue weighted by atomic mass is 35.5. The molecule has 0 fully saturated rings. The van der Waals surface area contributed by atoms with E-state index in [0.717, 1.165) is 16.8 Å². The molecular formula is C14H15ClN2O. The van der Waals surface area contributed by atoms with Crippen LogP contribution in [0, 0.1) is 6.92 Å². The van der Waals surface area contributed by atoms with Crippen molar-refractivity contribution in [3.63, 3.8) is 0 Å². The van der Waals surface area contributed by atoms with Gasteiger partial charge in [-0.2, -0.15) is 0 Å². The molecule has 0 saturated carbocycles. The number of anilines is 1. The molecule has 18 heavy (non-hydrogen) atoms. The molecule has 1 unspecified atom stereocenters. The standard InChI is InChI=1S/C14H15ClN2O/c1-9-3-4-11(14(18)7-9)10(2)17-13-8-16-6-5-12(13)15/h3-8,10,17-18H,1-2H3. The van der Waals surface area contributed by atoms with Gasteiger partial charge >= 0.3 is 0 Å². The molecule has 4 heteroatoms. The lowest BCUT2D eigenvalue weighted by atomic mass is 10.0. The first kappa shape index (κ1) is 12.7. The van der Waals surface area contributed by atoms with Gasteiger partial charge in [0.2, 0.25) is 0 Å². The summed E-state index contributed by atoms with van der Waals surface area (Å²) in [6.07, 6.45) is 3.31. The molecule has 0 spiro atoms. The largest absolute Gasteiger partial charge is 0.508 e. The van der Waals surface area contributed by atoms with Gasteiger partial charge in [0.25, 0.3) is 0 Å². The molecule has 0 bridgehead atoms. The number of nitrogens with zero attached hydrogens (tertiary/aromatic N) is 1. The van der Waals surface area contributed by atoms with Crippen LogP contribution in [0.25, 0.3) is 0 Å². The van der Waals surface area contributed by atoms with Crippen molar-refractivity contribution in [2.45, 2.75) is 19.9 Å². The normalized spacial score (nSPS) is 12.2. The SMILES string of the molecule is Cc1ccc(C(C)Nc2cnccc2Cl)c(O)c1. The summed E-state index contributed by atoms with van der Waals surface area (Å²) in [6, 6.07) is 7.31. The minimum absolute atomic E-state index is 0.0488. The number of phenolic OH excluding ortho intramolecular Hbond substituents is 1. The van der Waals surface area contributed by atoms with Crippen LogP contribution < -0.4 is 5.32 Å². The van der Waals surface area contributed by atoms with Gasteiger partial charge in [0, 0.05) is 11.8 Å². The van der Waals surface area contributed by atoms with Gasteiger partial charge in [-0.25, -0.2) is 0 Å². The topological polar surface area (TPSA) is 45.2 Å². The Hall–Kier alpha value is -1.74. The lowest BCUT2D eigenvalue weighted by Gasteiger charge is -2.17. The van der Waals surface area contributed by atoms with Gasteiger partial charge in [-0.3, -0.25) is 4.98 Å². The van der Waals surface area contributed by atoms with Crippen molar-refractivity contribution >= 4 is 17.3 Å². The van der Waals surface area contributed by atoms with Crippen LogP contribution in [0.3, 0.4) is 0 Å². The maximum atomic E-state index is 9.92. The Bertz CT molecular complexity index is 557. The number of hydrogen-bond donors (Lipinski definition) is 2. The second kappa shape index (κ2) is 5.27. The second-order valence-corrected chi connectivity index (χ2v) is 4.69. The zero-order valence-electron chi connectivity index (χ0n) is 10.3. The van der Waals surface area contributed by atoms with E-state index in [1.807, 2.05) is 26.0 Å². The highest BCUT2D eigenvalue weighted by Crippen LogP contribution is 2.29. The summed E-state index contributed by atoms with van der Waals surface area (Å²) in [4.78, 5) is 4.02. The number of hydrogen-bond acceptors (Lipinski definition) is 3. The number of phenols is 1. The van der Waals surface area contributed by atoms with E-state index < -0.39 is 0 Å². The maximum Gasteiger partial charge on any atom is 0.121 e. The van der Waals surface area contributed by atoms with E-state index in [0.29, 0.717) is 5.02 Å². The average molecular weight is 263 g/mol. The number of aromatic hydroxyl groups is 1. The van der Waals surface area contributed by atoms with Crippen LogP contribution in [0.15, 0.2) is 36.7 Å². The van der Waals surface area contributed by atoms with E-state index in [9.17, 15) is 5.11 Å². The fourth-order valence-electron chi connectivity index (χ4n) is 1.81. The molecule has 1 aromatic heterocycles. The zero-order chi connectivity index (χ0) is 13.1. The highest BCUT2D eigenvalue weighted by Gasteiger charge is 2.11. The molecule has 0 aliphatic heterocycles. The van der Waals surface area contributed by atoms with Gasteiger partial charge in [0.1, 0.15) is 5.75 Å². The van der Waals surface area contributed by atoms with Crippen LogP contribution in [-0.4, -0.2) is 10.1 Å². The molecule has 2 aromatic rings. The van der Waals surface area contributed by atoms with E-state index in [1.165, 1.54) is 0 Å². The third-order valence-electron chi connectivity index (χ3n) is 2.79. The van der Waals surface area contributed by atoms with Crippen LogP contribution in [0.4, 0.5) is 5.69 Å². The minimum atomic E-state index is -0.0488. The van der Waals surface area contributed by atoms with Crippen LogP contribution >= 0.6 is 11.6 Å². The first-order chi connectivity index (χ1) is 8.58. The Labute approximate surface area is 111 Å². The Kier molecular flexibility index (Phi) is 3.72. The molecule has 0 aliphatic rings. The molecule has 94 valence electrons. The Balaban J connectivity index is 2.22. The van der Waals surface area contributed by atoms with Crippen molar-refractivity contribution in [2.75, 3.05) is 5.32 Å². The fraction of sp³-hybridized carbons (Fsp3) is 0.214. The predicted molar refractivity (Wildman–Crippen MR) is 74.1 cm³/mol. The van der Waals surface area contributed by atoms with Crippen LogP contribution in [0.2, 0.25) is 5.02 Å². The van der Waals surface area contributed by atoms with E-state index in [1.54, 1.807) is 24.5 Å². The van der Waals surface area contributed by atoms with Crippen molar-refractivity contribution in [3.8, 4) is 5.75 Å². The predicted octanol–water partition coefficient (Wildman–Crippen LogP) is 3.92. The number of pyridine rings is 1. The lowest BCUT2D eigenvalue weighted by Crippen LogP contribution is -2.07. The van der Waals surface area contributed by atoms with Gasteiger partial charge in [-0.1, -0.05) is 23.7 Å². The summed E-state index contributed by atoms with van der Waals surface area (Å²) < 4.78 is 0. The molecule has 1 aromatic carbocycles. The van der Waals surface area contributed by atoms with Crippen molar-refractivity contribution in [3.05, 3.63) is 52.8 Å². The third kappa shape index (κ3) is 2.74. The lowest BCUT2D eigenvalue weighted by molar-refractivity contribution is 0.465. The van der Waals surface area contributed by atoms with Crippen LogP contribution in [0.5, 0.6) is 5.75 Å². The number of aromatic nitrogens is 1. The molecule has 2 N–H and O–H groups in total. The van der Waals surface area contributed by atoms with Gasteiger partial charge < -0.3 is 10.4 Å². The summed E-state index contributed by atoms with van der Waals surface area (Å²) in [6.45, 7) is 3.91. The molecule has 1 heterocycles. The smallest absolute Gasteiger partial charge is 0.121 e. The summed E-state index contributed by atoms with van der Waals surface area (Å²) in [5.74, 6) is 0.287. The van der Waals surface area contributed by atoms with Crippen molar-refractivity contribution < 1.29 is 5.11 Å². The van der Waals surface area contributed by atoms with Crippen molar-refractivity contribution in [1.82, 2.24) is 4.98 Å². The number of halogens is 1. The van der Waals surface area contributed by atoms with E-state index in [2.05, 4.69) is 10.3 Å². The number of rotatable bonds is 3. The maximum absolute atomic E-state index is 9.92. The van der Waals surface area contributed by atoms with Gasteiger partial charge in [0.15, 0.2) is 0 Å². The summed E-state index contributed by atoms with van der Waals surface area (Å²) in [5, 5.41) is 13.8. The Morgan fingerprint density at radius 3 is 2.78 bits per heavy atom. The first-order valence-electron chi connectivity index (χ1n) is 5.73.